The maximum atomic E-state index is 11.7. The van der Waals surface area contributed by atoms with Crippen LogP contribution in [0, 0.1) is 0 Å². The monoisotopic (exact) mass is 313 g/mol. The quantitative estimate of drug-likeness (QED) is 0.562. The average Bonchev–Trinajstić information content (AvgIpc) is 2.98. The molecule has 0 unspecified atom stereocenters. The van der Waals surface area contributed by atoms with E-state index in [2.05, 4.69) is 10.9 Å². The van der Waals surface area contributed by atoms with E-state index in [9.17, 15) is 14.4 Å². The van der Waals surface area contributed by atoms with Gasteiger partial charge in [0.25, 0.3) is 11.8 Å². The molecule has 0 fully saturated rings. The van der Waals surface area contributed by atoms with Gasteiger partial charge in [-0.1, -0.05) is 13.0 Å². The smallest absolute Gasteiger partial charge is 0.320 e. The van der Waals surface area contributed by atoms with Crippen LogP contribution in [0.5, 0.6) is 0 Å². The Morgan fingerprint density at radius 2 is 2.00 bits per heavy atom. The largest absolute Gasteiger partial charge is 0.465 e. The van der Waals surface area contributed by atoms with Crippen molar-refractivity contribution in [2.24, 2.45) is 0 Å². The first-order valence-corrected chi connectivity index (χ1v) is 7.45. The highest BCUT2D eigenvalue weighted by Crippen LogP contribution is 2.06. The van der Waals surface area contributed by atoms with E-state index in [4.69, 9.17) is 4.74 Å². The van der Waals surface area contributed by atoms with Crippen molar-refractivity contribution in [3.05, 3.63) is 22.4 Å². The Kier molecular flexibility index (Phi) is 7.41. The van der Waals surface area contributed by atoms with Crippen LogP contribution in [0.1, 0.15) is 23.5 Å². The van der Waals surface area contributed by atoms with Crippen molar-refractivity contribution in [2.75, 3.05) is 26.2 Å². The van der Waals surface area contributed by atoms with Crippen LogP contribution >= 0.6 is 11.3 Å². The maximum Gasteiger partial charge on any atom is 0.320 e. The van der Waals surface area contributed by atoms with Crippen LogP contribution < -0.4 is 10.9 Å². The number of thiophene rings is 1. The van der Waals surface area contributed by atoms with Crippen molar-refractivity contribution in [2.45, 2.75) is 13.8 Å². The third-order valence-electron chi connectivity index (χ3n) is 2.53. The summed E-state index contributed by atoms with van der Waals surface area (Å²) in [6.07, 6.45) is 0. The Morgan fingerprint density at radius 1 is 1.24 bits per heavy atom. The predicted octanol–water partition coefficient (Wildman–Crippen LogP) is 0.394. The highest BCUT2D eigenvalue weighted by Gasteiger charge is 2.14. The van der Waals surface area contributed by atoms with E-state index in [1.807, 2.05) is 6.92 Å². The second-order valence-corrected chi connectivity index (χ2v) is 5.04. The fourth-order valence-electron chi connectivity index (χ4n) is 1.51. The normalized spacial score (nSPS) is 10.2. The first-order valence-electron chi connectivity index (χ1n) is 6.57. The zero-order valence-corrected chi connectivity index (χ0v) is 12.9. The molecule has 0 aromatic carbocycles. The average molecular weight is 313 g/mol. The van der Waals surface area contributed by atoms with Gasteiger partial charge in [0.15, 0.2) is 0 Å². The third-order valence-corrected chi connectivity index (χ3v) is 3.40. The van der Waals surface area contributed by atoms with Gasteiger partial charge in [-0.15, -0.1) is 11.3 Å². The van der Waals surface area contributed by atoms with E-state index >= 15 is 0 Å². The van der Waals surface area contributed by atoms with E-state index in [1.54, 1.807) is 29.3 Å². The summed E-state index contributed by atoms with van der Waals surface area (Å²) in [7, 11) is 0. The lowest BCUT2D eigenvalue weighted by Gasteiger charge is -2.18. The molecule has 1 aromatic rings. The first kappa shape index (κ1) is 17.1. The Hall–Kier alpha value is -1.93. The number of esters is 1. The van der Waals surface area contributed by atoms with Gasteiger partial charge < -0.3 is 4.74 Å². The minimum atomic E-state index is -0.397. The summed E-state index contributed by atoms with van der Waals surface area (Å²) in [5.41, 5.74) is 4.64. The van der Waals surface area contributed by atoms with Crippen molar-refractivity contribution in [1.82, 2.24) is 15.8 Å². The van der Waals surface area contributed by atoms with Gasteiger partial charge in [0.1, 0.15) is 0 Å². The zero-order valence-electron chi connectivity index (χ0n) is 12.0. The number of hydrogen-bond acceptors (Lipinski definition) is 6. The van der Waals surface area contributed by atoms with Gasteiger partial charge in [0, 0.05) is 0 Å². The fraction of sp³-hybridized carbons (Fsp3) is 0.462. The molecule has 2 N–H and O–H groups in total. The molecule has 0 aliphatic rings. The summed E-state index contributed by atoms with van der Waals surface area (Å²) < 4.78 is 4.82. The van der Waals surface area contributed by atoms with Crippen LogP contribution in [0.4, 0.5) is 0 Å². The van der Waals surface area contributed by atoms with Crippen LogP contribution in [0.15, 0.2) is 17.5 Å². The number of rotatable bonds is 7. The molecule has 116 valence electrons. The van der Waals surface area contributed by atoms with Crippen LogP contribution in [0.2, 0.25) is 0 Å². The topological polar surface area (TPSA) is 87.7 Å². The fourth-order valence-corrected chi connectivity index (χ4v) is 2.13. The van der Waals surface area contributed by atoms with Crippen LogP contribution in [-0.4, -0.2) is 48.9 Å². The summed E-state index contributed by atoms with van der Waals surface area (Å²) >= 11 is 1.28. The van der Waals surface area contributed by atoms with Gasteiger partial charge in [-0.05, 0) is 24.9 Å². The van der Waals surface area contributed by atoms with Crippen LogP contribution in [0.3, 0.4) is 0 Å². The van der Waals surface area contributed by atoms with Gasteiger partial charge in [0.2, 0.25) is 0 Å². The molecule has 2 amide bonds. The number of hydrazine groups is 1. The number of likely N-dealkylation sites (N-methyl/N-ethyl adjacent to an activating group) is 1. The SMILES string of the molecule is CCOC(=O)CN(CC)CC(=O)NNC(=O)c1cccs1. The number of hydrogen-bond donors (Lipinski definition) is 2. The molecule has 0 saturated heterocycles. The van der Waals surface area contributed by atoms with Crippen molar-refractivity contribution in [3.63, 3.8) is 0 Å². The van der Waals surface area contributed by atoms with Gasteiger partial charge in [-0.2, -0.15) is 0 Å². The molecule has 7 nitrogen and oxygen atoms in total. The summed E-state index contributed by atoms with van der Waals surface area (Å²) in [5.74, 6) is -1.15. The number of carbonyl (C=O) groups excluding carboxylic acids is 3. The van der Waals surface area contributed by atoms with E-state index in [0.29, 0.717) is 18.0 Å². The minimum Gasteiger partial charge on any atom is -0.465 e. The zero-order chi connectivity index (χ0) is 15.7. The summed E-state index contributed by atoms with van der Waals surface area (Å²) in [6.45, 7) is 4.42. The van der Waals surface area contributed by atoms with Crippen molar-refractivity contribution in [1.29, 1.82) is 0 Å². The van der Waals surface area contributed by atoms with Gasteiger partial charge >= 0.3 is 5.97 Å². The number of carbonyl (C=O) groups is 3. The Morgan fingerprint density at radius 3 is 2.57 bits per heavy atom. The van der Waals surface area contributed by atoms with Gasteiger partial charge in [-0.3, -0.25) is 30.1 Å². The molecule has 1 rings (SSSR count). The molecule has 0 bridgehead atoms. The third kappa shape index (κ3) is 6.37. The molecule has 1 heterocycles. The van der Waals surface area contributed by atoms with Gasteiger partial charge in [0.05, 0.1) is 24.6 Å². The van der Waals surface area contributed by atoms with E-state index in [1.165, 1.54) is 11.3 Å². The van der Waals surface area contributed by atoms with Crippen molar-refractivity contribution < 1.29 is 19.1 Å². The van der Waals surface area contributed by atoms with Crippen LogP contribution in [0.25, 0.3) is 0 Å². The molecule has 0 radical (unpaired) electrons. The number of nitrogens with zero attached hydrogens (tertiary/aromatic N) is 1. The highest BCUT2D eigenvalue weighted by molar-refractivity contribution is 7.12. The molecule has 8 heteroatoms. The molecule has 0 aliphatic heterocycles. The second-order valence-electron chi connectivity index (χ2n) is 4.09. The number of ether oxygens (including phenoxy) is 1. The molecule has 0 saturated carbocycles. The molecule has 0 aliphatic carbocycles. The van der Waals surface area contributed by atoms with Crippen molar-refractivity contribution in [3.8, 4) is 0 Å². The number of amides is 2. The number of nitrogens with one attached hydrogen (secondary N) is 2. The molecular formula is C13H19N3O4S. The van der Waals surface area contributed by atoms with E-state index < -0.39 is 5.91 Å². The maximum absolute atomic E-state index is 11.7. The molecule has 1 aromatic heterocycles. The highest BCUT2D eigenvalue weighted by atomic mass is 32.1. The lowest BCUT2D eigenvalue weighted by molar-refractivity contribution is -0.144. The van der Waals surface area contributed by atoms with Crippen LogP contribution in [-0.2, 0) is 14.3 Å². The standard InChI is InChI=1S/C13H19N3O4S/c1-3-16(9-12(18)20-4-2)8-11(17)14-15-13(19)10-6-5-7-21-10/h5-7H,3-4,8-9H2,1-2H3,(H,14,17)(H,15,19). The van der Waals surface area contributed by atoms with Gasteiger partial charge in [-0.25, -0.2) is 0 Å². The molecule has 0 atom stereocenters. The lowest BCUT2D eigenvalue weighted by atomic mass is 10.4. The Bertz CT molecular complexity index is 476. The summed E-state index contributed by atoms with van der Waals surface area (Å²) in [5, 5.41) is 1.77. The molecular weight excluding hydrogens is 294 g/mol. The first-order chi connectivity index (χ1) is 10.1. The molecule has 21 heavy (non-hydrogen) atoms. The van der Waals surface area contributed by atoms with E-state index in [0.717, 1.165) is 0 Å². The minimum absolute atomic E-state index is 0.0000345. The Labute approximate surface area is 127 Å². The Balaban J connectivity index is 2.34. The van der Waals surface area contributed by atoms with E-state index in [-0.39, 0.29) is 25.0 Å². The summed E-state index contributed by atoms with van der Waals surface area (Å²) in [4.78, 5) is 36.8. The second kappa shape index (κ2) is 9.09. The van der Waals surface area contributed by atoms with Crippen molar-refractivity contribution >= 4 is 29.1 Å². The predicted molar refractivity (Wildman–Crippen MR) is 78.7 cm³/mol. The summed E-state index contributed by atoms with van der Waals surface area (Å²) in [6, 6.07) is 3.41. The molecule has 0 spiro atoms. The lowest BCUT2D eigenvalue weighted by Crippen LogP contribution is -2.47.